The highest BCUT2D eigenvalue weighted by Crippen LogP contribution is 2.64. The molecule has 0 radical (unpaired) electrons. The predicted molar refractivity (Wildman–Crippen MR) is 560 cm³/mol. The highest BCUT2D eigenvalue weighted by Gasteiger charge is 2.52. The van der Waals surface area contributed by atoms with Crippen LogP contribution in [0.1, 0.15) is 47.2 Å². The van der Waals surface area contributed by atoms with Crippen molar-refractivity contribution in [2.75, 3.05) is 0 Å². The van der Waals surface area contributed by atoms with Gasteiger partial charge in [-0.1, -0.05) is 220 Å². The highest BCUT2D eigenvalue weighted by molar-refractivity contribution is 6.13. The average molecular weight is 1750 g/mol. The molecule has 0 fully saturated rings. The van der Waals surface area contributed by atoms with Gasteiger partial charge in [0.2, 0.25) is 0 Å². The molecule has 642 valence electrons. The van der Waals surface area contributed by atoms with Crippen LogP contribution in [0, 0.1) is 0 Å². The molecule has 3 aliphatic rings. The van der Waals surface area contributed by atoms with Crippen molar-refractivity contribution in [2.24, 2.45) is 0 Å². The van der Waals surface area contributed by atoms with E-state index in [1.54, 1.807) is 0 Å². The molecule has 26 rings (SSSR count). The van der Waals surface area contributed by atoms with Crippen LogP contribution in [0.5, 0.6) is 0 Å². The number of nitrogens with zero attached hydrogens (tertiary/aromatic N) is 9. The molecule has 137 heavy (non-hydrogen) atoms. The maximum Gasteiger partial charge on any atom is 0.0725 e. The number of fused-ring (bicyclic) bond motifs is 16. The Morgan fingerprint density at radius 1 is 0.161 bits per heavy atom. The molecule has 0 bridgehead atoms. The first-order chi connectivity index (χ1) is 67.6. The third-order valence-electron chi connectivity index (χ3n) is 28.1. The molecular weight excluding hydrogens is 1660 g/mol. The van der Waals surface area contributed by atoms with Crippen LogP contribution in [0.15, 0.2) is 481 Å². The summed E-state index contributed by atoms with van der Waals surface area (Å²) in [5.41, 5.74) is 49.7. The zero-order valence-electron chi connectivity index (χ0n) is 75.1. The van der Waals surface area contributed by atoms with Crippen molar-refractivity contribution < 1.29 is 0 Å². The van der Waals surface area contributed by atoms with Crippen LogP contribution in [0.2, 0.25) is 0 Å². The van der Waals surface area contributed by atoms with Crippen LogP contribution in [0.4, 0.5) is 0 Å². The molecule has 0 aliphatic heterocycles. The molecule has 3 aliphatic carbocycles. The molecule has 9 heterocycles. The van der Waals surface area contributed by atoms with Crippen LogP contribution in [0.25, 0.3) is 217 Å². The third kappa shape index (κ3) is 14.4. The van der Waals surface area contributed by atoms with Crippen molar-refractivity contribution in [1.29, 1.82) is 0 Å². The zero-order chi connectivity index (χ0) is 91.1. The summed E-state index contributed by atoms with van der Waals surface area (Å²) < 4.78 is 2.45. The summed E-state index contributed by atoms with van der Waals surface area (Å²) in [5, 5.41) is 2.47. The molecule has 1 spiro atoms. The van der Waals surface area contributed by atoms with E-state index >= 15 is 0 Å². The fraction of sp³-hybridized carbons (Fsp3) is 0.0312. The Balaban J connectivity index is 0.000000146. The first kappa shape index (κ1) is 81.1. The van der Waals surface area contributed by atoms with Crippen LogP contribution in [0.3, 0.4) is 0 Å². The smallest absolute Gasteiger partial charge is 0.0725 e. The normalized spacial score (nSPS) is 12.6. The van der Waals surface area contributed by atoms with Crippen molar-refractivity contribution in [1.82, 2.24) is 44.4 Å². The number of hydrogen-bond acceptors (Lipinski definition) is 8. The van der Waals surface area contributed by atoms with E-state index in [1.165, 1.54) is 94.1 Å². The Bertz CT molecular complexity index is 8330. The summed E-state index contributed by atoms with van der Waals surface area (Å²) in [7, 11) is 0. The fourth-order valence-electron chi connectivity index (χ4n) is 21.5. The molecule has 9 heteroatoms. The summed E-state index contributed by atoms with van der Waals surface area (Å²) >= 11 is 0. The van der Waals surface area contributed by atoms with E-state index in [4.69, 9.17) is 0 Å². The van der Waals surface area contributed by atoms with Gasteiger partial charge in [-0.3, -0.25) is 39.9 Å². The third-order valence-corrected chi connectivity index (χ3v) is 28.1. The monoisotopic (exact) mass is 1750 g/mol. The number of benzene rings is 14. The van der Waals surface area contributed by atoms with Gasteiger partial charge in [0.05, 0.1) is 16.4 Å². The maximum atomic E-state index is 4.68. The largest absolute Gasteiger partial charge is 0.309 e. The van der Waals surface area contributed by atoms with E-state index in [0.717, 1.165) is 156 Å². The molecular formula is C128H85N9. The van der Waals surface area contributed by atoms with Gasteiger partial charge in [-0.25, -0.2) is 0 Å². The van der Waals surface area contributed by atoms with Gasteiger partial charge in [0, 0.05) is 166 Å². The van der Waals surface area contributed by atoms with Crippen molar-refractivity contribution in [3.05, 3.63) is 515 Å². The second-order valence-corrected chi connectivity index (χ2v) is 36.3. The van der Waals surface area contributed by atoms with Gasteiger partial charge in [0.25, 0.3) is 0 Å². The summed E-state index contributed by atoms with van der Waals surface area (Å²) in [5.74, 6) is 0. The Morgan fingerprint density at radius 3 is 0.796 bits per heavy atom. The fourth-order valence-corrected chi connectivity index (χ4v) is 21.5. The van der Waals surface area contributed by atoms with E-state index in [9.17, 15) is 0 Å². The van der Waals surface area contributed by atoms with Gasteiger partial charge in [-0.15, -0.1) is 0 Å². The molecule has 0 amide bonds. The van der Waals surface area contributed by atoms with Crippen LogP contribution in [-0.4, -0.2) is 44.4 Å². The van der Waals surface area contributed by atoms with E-state index in [0.29, 0.717) is 0 Å². The molecule has 0 atom stereocenters. The van der Waals surface area contributed by atoms with E-state index < -0.39 is 5.41 Å². The lowest BCUT2D eigenvalue weighted by molar-refractivity contribution is 0.661. The molecule has 9 aromatic heterocycles. The quantitative estimate of drug-likeness (QED) is 0.0999. The minimum absolute atomic E-state index is 0.119. The predicted octanol–water partition coefficient (Wildman–Crippen LogP) is 31.6. The van der Waals surface area contributed by atoms with E-state index in [1.807, 2.05) is 148 Å². The molecule has 0 N–H and O–H groups in total. The van der Waals surface area contributed by atoms with E-state index in [2.05, 4.69) is 392 Å². The Morgan fingerprint density at radius 2 is 0.431 bits per heavy atom. The van der Waals surface area contributed by atoms with Crippen molar-refractivity contribution >= 4 is 21.8 Å². The van der Waals surface area contributed by atoms with E-state index in [-0.39, 0.29) is 5.41 Å². The molecule has 0 saturated heterocycles. The number of para-hydroxylation sites is 1. The molecule has 0 saturated carbocycles. The van der Waals surface area contributed by atoms with Crippen molar-refractivity contribution in [3.63, 3.8) is 0 Å². The molecule has 9 nitrogen and oxygen atoms in total. The summed E-state index contributed by atoms with van der Waals surface area (Å²) in [6.45, 7) is 4.72. The standard InChI is InChI=1S/C65H45N5.C63H40N4/c1-65(2)61-17-7-6-16-57(61)58-36-60-59-35-48(18-19-63(59)70(64(60)37-62(58)65)56-14-4-3-5-15-56)51-31-49(44-10-8-12-46(28-44)54-33-52(38-68-40-54)42-20-24-66-25-21-42)30-50(32-51)45-11-9-13-47(29-45)55-34-53(39-69-41-55)43-22-26-67-27-23-43;1-4-16-59-55(13-1)56-14-2-5-17-60(56)63(59)61-18-6-3-15-57(61)58-20-19-47(36-62(58)63)50-32-48(43-9-7-11-45(29-43)53-34-51(37-66-39-53)41-21-25-64-26-22-41)31-49(33-50)44-10-8-12-46(30-44)54-35-52(38-67-40-54)42-23-27-65-28-24-42/h3-41H,1-2H3;1-40H. The second-order valence-electron chi connectivity index (χ2n) is 36.3. The van der Waals surface area contributed by atoms with Gasteiger partial charge < -0.3 is 4.57 Å². The zero-order valence-corrected chi connectivity index (χ0v) is 75.1. The van der Waals surface area contributed by atoms with Gasteiger partial charge in [0.15, 0.2) is 0 Å². The maximum absolute atomic E-state index is 4.68. The Hall–Kier alpha value is -17.9. The molecule has 0 unspecified atom stereocenters. The van der Waals surface area contributed by atoms with Gasteiger partial charge in [-0.05, 0) is 354 Å². The summed E-state index contributed by atoms with van der Waals surface area (Å²) in [4.78, 5) is 35.6. The van der Waals surface area contributed by atoms with Crippen molar-refractivity contribution in [2.45, 2.75) is 24.7 Å². The first-order valence-corrected chi connectivity index (χ1v) is 46.5. The lowest BCUT2D eigenvalue weighted by atomic mass is 9.70. The van der Waals surface area contributed by atoms with Crippen LogP contribution >= 0.6 is 0 Å². The number of hydrogen-bond donors (Lipinski definition) is 0. The van der Waals surface area contributed by atoms with Gasteiger partial charge in [-0.2, -0.15) is 0 Å². The number of rotatable bonds is 15. The van der Waals surface area contributed by atoms with Crippen LogP contribution in [-0.2, 0) is 10.8 Å². The summed E-state index contributed by atoms with van der Waals surface area (Å²) in [6, 6.07) is 140. The van der Waals surface area contributed by atoms with Gasteiger partial charge >= 0.3 is 0 Å². The second kappa shape index (κ2) is 33.7. The topological polar surface area (TPSA) is 108 Å². The Kier molecular flexibility index (Phi) is 20.0. The number of aromatic nitrogens is 9. The Labute approximate surface area is 795 Å². The van der Waals surface area contributed by atoms with Crippen LogP contribution < -0.4 is 0 Å². The first-order valence-electron chi connectivity index (χ1n) is 46.5. The minimum atomic E-state index is -0.435. The number of pyridine rings is 8. The van der Waals surface area contributed by atoms with Crippen molar-refractivity contribution in [3.8, 4) is 195 Å². The summed E-state index contributed by atoms with van der Waals surface area (Å²) in [6.07, 6.45) is 30.1. The molecule has 23 aromatic rings. The SMILES string of the molecule is CC1(C)c2ccccc2-c2cc3c4cc(-c5cc(-c6cccc(-c7cncc(-c8ccncc8)c7)c6)cc(-c6cccc(-c7cncc(-c8ccncc8)c7)c6)c5)ccc4n(-c4ccccc4)c3cc21.c1cc(-c2cncc(-c3ccncc3)c2)cc(-c2cc(-c3cccc(-c4cncc(-c5ccncc5)c4)c3)cc(-c3ccc4c(c3)C3(c5ccccc5-c5ccccc53)c3ccccc3-4)c2)c1. The lowest BCUT2D eigenvalue weighted by Gasteiger charge is -2.30. The minimum Gasteiger partial charge on any atom is -0.309 e. The lowest BCUT2D eigenvalue weighted by Crippen LogP contribution is -2.25. The highest BCUT2D eigenvalue weighted by atomic mass is 15.0. The van der Waals surface area contributed by atoms with Gasteiger partial charge in [0.1, 0.15) is 0 Å². The molecule has 14 aromatic carbocycles. The average Bonchev–Trinajstić information content (AvgIpc) is 1.52.